The summed E-state index contributed by atoms with van der Waals surface area (Å²) in [7, 11) is 0. The van der Waals surface area contributed by atoms with Crippen molar-refractivity contribution in [3.8, 4) is 62.8 Å². The molecule has 2 aliphatic rings. The van der Waals surface area contributed by atoms with Crippen molar-refractivity contribution in [2.24, 2.45) is 0 Å². The quantitative estimate of drug-likeness (QED) is 0.0946. The minimum Gasteiger partial charge on any atom is -0.458 e. The van der Waals surface area contributed by atoms with E-state index in [4.69, 9.17) is 19.2 Å². The van der Waals surface area contributed by atoms with Crippen LogP contribution in [0.3, 0.4) is 0 Å². The summed E-state index contributed by atoms with van der Waals surface area (Å²) in [5.41, 5.74) is 14.5. The van der Waals surface area contributed by atoms with E-state index >= 15 is 0 Å². The molecule has 0 saturated heterocycles. The van der Waals surface area contributed by atoms with Crippen LogP contribution in [0.2, 0.25) is 0 Å². The van der Waals surface area contributed by atoms with Crippen LogP contribution in [0.1, 0.15) is 105 Å². The van der Waals surface area contributed by atoms with Gasteiger partial charge in [-0.1, -0.05) is 132 Å². The van der Waals surface area contributed by atoms with Crippen molar-refractivity contribution in [2.75, 3.05) is 0 Å². The van der Waals surface area contributed by atoms with Crippen molar-refractivity contribution in [2.45, 2.75) is 105 Å². The fraction of sp³-hybridized carbons (Fsp3) is 0.242. The zero-order valence-electron chi connectivity index (χ0n) is 44.7. The lowest BCUT2D eigenvalue weighted by molar-refractivity contribution is -0.599. The smallest absolute Gasteiger partial charge is 0.268 e. The van der Waals surface area contributed by atoms with Gasteiger partial charge in [-0.15, -0.1) is 0 Å². The number of hydrogen-bond acceptors (Lipinski definition) is 4. The van der Waals surface area contributed by atoms with Crippen molar-refractivity contribution in [1.82, 2.24) is 14.1 Å². The summed E-state index contributed by atoms with van der Waals surface area (Å²) in [5, 5.41) is 2.19. The van der Waals surface area contributed by atoms with E-state index in [1.54, 1.807) is 0 Å². The molecule has 0 aliphatic carbocycles. The van der Waals surface area contributed by atoms with Gasteiger partial charge in [0.05, 0.1) is 22.4 Å². The van der Waals surface area contributed by atoms with E-state index < -0.39 is 0 Å². The van der Waals surface area contributed by atoms with Crippen LogP contribution in [0.25, 0.3) is 50.1 Å². The molecule has 7 nitrogen and oxygen atoms in total. The van der Waals surface area contributed by atoms with Crippen LogP contribution in [0, 0.1) is 6.33 Å². The lowest BCUT2D eigenvalue weighted by Gasteiger charge is -2.35. The first-order valence-corrected chi connectivity index (χ1v) is 25.9. The van der Waals surface area contributed by atoms with Crippen LogP contribution >= 0.6 is 0 Å². The minimum atomic E-state index is -0.0730. The molecule has 0 amide bonds. The Morgan fingerprint density at radius 1 is 0.514 bits per heavy atom. The van der Waals surface area contributed by atoms with Crippen LogP contribution in [-0.2, 0) is 21.7 Å². The fourth-order valence-corrected chi connectivity index (χ4v) is 10.7. The molecule has 0 spiro atoms. The highest BCUT2D eigenvalue weighted by molar-refractivity contribution is 6.98. The molecule has 368 valence electrons. The third-order valence-electron chi connectivity index (χ3n) is 15.0. The number of aromatic nitrogens is 4. The van der Waals surface area contributed by atoms with E-state index in [0.29, 0.717) is 0 Å². The SMILES string of the molecule is CC(C)(C)c1cccc(-[n+]2[c-]n(-c3cccc(Oc4ccc5c6cc(-c7cc8c9c(c7)Oc7ccc(C(C)(C)C)cc7B9c7cc(C(C)(C)C)ccc7O8)ccc6n(-c6cc(C(C)(C)C)ccn6)c5c4)c3)cc2)c1. The number of hydrogen-bond donors (Lipinski definition) is 0. The first-order chi connectivity index (χ1) is 35.1. The van der Waals surface area contributed by atoms with Gasteiger partial charge in [-0.25, -0.2) is 4.98 Å². The molecule has 0 radical (unpaired) electrons. The average molecular weight is 971 g/mol. The highest BCUT2D eigenvalue weighted by Gasteiger charge is 2.41. The normalized spacial score (nSPS) is 13.3. The summed E-state index contributed by atoms with van der Waals surface area (Å²) in [6.07, 6.45) is 9.50. The van der Waals surface area contributed by atoms with Gasteiger partial charge in [0.25, 0.3) is 13.0 Å². The van der Waals surface area contributed by atoms with Crippen LogP contribution in [0.4, 0.5) is 0 Å². The maximum Gasteiger partial charge on any atom is 0.268 e. The summed E-state index contributed by atoms with van der Waals surface area (Å²) < 4.78 is 26.9. The summed E-state index contributed by atoms with van der Waals surface area (Å²) >= 11 is 0. The van der Waals surface area contributed by atoms with Crippen molar-refractivity contribution >= 4 is 44.9 Å². The molecule has 0 atom stereocenters. The van der Waals surface area contributed by atoms with Gasteiger partial charge in [-0.05, 0) is 157 Å². The number of imidazole rings is 1. The Kier molecular flexibility index (Phi) is 10.7. The first-order valence-electron chi connectivity index (χ1n) is 25.9. The topological polar surface area (TPSA) is 54.3 Å². The lowest BCUT2D eigenvalue weighted by Crippen LogP contribution is -2.57. The van der Waals surface area contributed by atoms with Crippen LogP contribution in [0.5, 0.6) is 34.5 Å². The second kappa shape index (κ2) is 16.9. The molecule has 0 N–H and O–H groups in total. The Morgan fingerprint density at radius 2 is 1.14 bits per heavy atom. The highest BCUT2D eigenvalue weighted by atomic mass is 16.5. The summed E-state index contributed by atoms with van der Waals surface area (Å²) in [5.74, 6) is 5.70. The van der Waals surface area contributed by atoms with Crippen LogP contribution < -0.4 is 35.2 Å². The third-order valence-corrected chi connectivity index (χ3v) is 15.0. The first kappa shape index (κ1) is 47.2. The number of nitrogens with zero attached hydrogens (tertiary/aromatic N) is 4. The van der Waals surface area contributed by atoms with Crippen molar-refractivity contribution in [3.05, 3.63) is 193 Å². The van der Waals surface area contributed by atoms with Gasteiger partial charge in [0.2, 0.25) is 0 Å². The molecule has 74 heavy (non-hydrogen) atoms. The minimum absolute atomic E-state index is 0.0236. The number of ether oxygens (including phenoxy) is 3. The summed E-state index contributed by atoms with van der Waals surface area (Å²) in [6.45, 7) is 27.0. The van der Waals surface area contributed by atoms with Gasteiger partial charge >= 0.3 is 0 Å². The summed E-state index contributed by atoms with van der Waals surface area (Å²) in [4.78, 5) is 5.02. The Balaban J connectivity index is 0.946. The highest BCUT2D eigenvalue weighted by Crippen LogP contribution is 2.43. The predicted octanol–water partition coefficient (Wildman–Crippen LogP) is 14.4. The largest absolute Gasteiger partial charge is 0.458 e. The second-order valence-corrected chi connectivity index (χ2v) is 24.5. The average Bonchev–Trinajstić information content (AvgIpc) is 4.03. The van der Waals surface area contributed by atoms with Gasteiger partial charge in [0, 0.05) is 40.9 Å². The van der Waals surface area contributed by atoms with Gasteiger partial charge in [-0.2, -0.15) is 0 Å². The maximum absolute atomic E-state index is 6.94. The lowest BCUT2D eigenvalue weighted by atomic mass is 9.34. The van der Waals surface area contributed by atoms with E-state index in [1.807, 2.05) is 39.9 Å². The maximum atomic E-state index is 6.94. The standard InChI is InChI=1S/C66H63BN4O3/c1-63(2,3)43-15-13-16-47(34-43)69-29-30-70(40-69)48-17-14-18-49(38-48)72-50-22-23-51-52-31-41(19-24-55(52)71(56(51)39-50)61-37-46(27-28-68-61)66(10,11)12)42-32-59-62-60(33-42)74-58-26-21-45(65(7,8)9)36-54(58)67(62)53-35-44(64(4,5)6)20-25-57(53)73-59/h13-39H,1-12H3. The summed E-state index contributed by atoms with van der Waals surface area (Å²) in [6, 6.07) is 52.1. The Bertz CT molecular complexity index is 3800. The van der Waals surface area contributed by atoms with Crippen molar-refractivity contribution in [3.63, 3.8) is 0 Å². The van der Waals surface area contributed by atoms with Gasteiger partial charge < -0.3 is 14.2 Å². The zero-order valence-corrected chi connectivity index (χ0v) is 44.7. The number of benzene rings is 7. The monoisotopic (exact) mass is 970 g/mol. The molecule has 0 bridgehead atoms. The number of fused-ring (bicyclic) bond motifs is 7. The van der Waals surface area contributed by atoms with E-state index in [9.17, 15) is 0 Å². The third kappa shape index (κ3) is 8.34. The Morgan fingerprint density at radius 3 is 1.80 bits per heavy atom. The number of pyridine rings is 1. The van der Waals surface area contributed by atoms with Crippen molar-refractivity contribution in [1.29, 1.82) is 0 Å². The van der Waals surface area contributed by atoms with Gasteiger partial charge in [-0.3, -0.25) is 13.7 Å². The fourth-order valence-electron chi connectivity index (χ4n) is 10.7. The van der Waals surface area contributed by atoms with E-state index in [2.05, 4.69) is 227 Å². The molecular weight excluding hydrogens is 908 g/mol. The number of rotatable bonds is 6. The molecule has 7 aromatic carbocycles. The van der Waals surface area contributed by atoms with Crippen molar-refractivity contribution < 1.29 is 18.8 Å². The zero-order chi connectivity index (χ0) is 51.6. The van der Waals surface area contributed by atoms with E-state index in [1.165, 1.54) is 33.2 Å². The molecule has 0 unspecified atom stereocenters. The van der Waals surface area contributed by atoms with Crippen LogP contribution in [0.15, 0.2) is 164 Å². The van der Waals surface area contributed by atoms with Gasteiger partial charge in [0.1, 0.15) is 40.3 Å². The molecule has 3 aromatic heterocycles. The molecule has 10 aromatic rings. The molecule has 5 heterocycles. The van der Waals surface area contributed by atoms with E-state index in [-0.39, 0.29) is 28.4 Å². The Labute approximate surface area is 436 Å². The Hall–Kier alpha value is -7.84. The molecular formula is C66H63BN4O3. The molecule has 12 rings (SSSR count). The second-order valence-electron chi connectivity index (χ2n) is 24.5. The molecule has 0 saturated carbocycles. The van der Waals surface area contributed by atoms with E-state index in [0.717, 1.165) is 90.1 Å². The van der Waals surface area contributed by atoms with Crippen LogP contribution in [-0.4, -0.2) is 20.8 Å². The molecule has 0 fully saturated rings. The molecule has 2 aliphatic heterocycles. The van der Waals surface area contributed by atoms with Gasteiger partial charge in [0.15, 0.2) is 0 Å². The molecule has 8 heteroatoms. The predicted molar refractivity (Wildman–Crippen MR) is 303 cm³/mol.